The van der Waals surface area contributed by atoms with Gasteiger partial charge in [0.2, 0.25) is 0 Å². The molecule has 18 heavy (non-hydrogen) atoms. The molecule has 0 aromatic carbocycles. The summed E-state index contributed by atoms with van der Waals surface area (Å²) >= 11 is 0. The highest BCUT2D eigenvalue weighted by Gasteiger charge is 2.04. The first-order valence-corrected chi connectivity index (χ1v) is 6.33. The van der Waals surface area contributed by atoms with Crippen LogP contribution < -0.4 is 5.32 Å². The number of rotatable bonds is 7. The summed E-state index contributed by atoms with van der Waals surface area (Å²) in [6.07, 6.45) is 8.43. The van der Waals surface area contributed by atoms with Gasteiger partial charge < -0.3 is 9.88 Å². The van der Waals surface area contributed by atoms with E-state index in [4.69, 9.17) is 0 Å². The Morgan fingerprint density at radius 2 is 2.28 bits per heavy atom. The van der Waals surface area contributed by atoms with E-state index in [1.807, 2.05) is 23.4 Å². The molecule has 0 atom stereocenters. The van der Waals surface area contributed by atoms with Gasteiger partial charge >= 0.3 is 0 Å². The van der Waals surface area contributed by atoms with Crippen molar-refractivity contribution in [2.45, 2.75) is 39.4 Å². The number of aromatic nitrogens is 5. The quantitative estimate of drug-likeness (QED) is 0.749. The van der Waals surface area contributed by atoms with Gasteiger partial charge in [0.25, 0.3) is 0 Å². The Bertz CT molecular complexity index is 445. The minimum atomic E-state index is 0.458. The molecule has 6 heteroatoms. The standard InChI is InChI=1S/C12H20N6/c1-11(2)18-10-14-9-12(18)8-13-4-3-6-17-7-5-15-16-17/h5,7,9-11,13H,3-4,6,8H2,1-2H3. The van der Waals surface area contributed by atoms with Crippen LogP contribution in [0.15, 0.2) is 24.9 Å². The van der Waals surface area contributed by atoms with Crippen LogP contribution in [0.4, 0.5) is 0 Å². The highest BCUT2D eigenvalue weighted by Crippen LogP contribution is 2.08. The summed E-state index contributed by atoms with van der Waals surface area (Å²) in [4.78, 5) is 4.18. The van der Waals surface area contributed by atoms with E-state index in [1.165, 1.54) is 5.69 Å². The van der Waals surface area contributed by atoms with Gasteiger partial charge in [-0.05, 0) is 26.8 Å². The van der Waals surface area contributed by atoms with E-state index in [1.54, 1.807) is 6.20 Å². The van der Waals surface area contributed by atoms with E-state index < -0.39 is 0 Å². The van der Waals surface area contributed by atoms with Gasteiger partial charge in [-0.2, -0.15) is 0 Å². The van der Waals surface area contributed by atoms with Crippen LogP contribution in [0.25, 0.3) is 0 Å². The highest BCUT2D eigenvalue weighted by molar-refractivity contribution is 4.99. The fourth-order valence-corrected chi connectivity index (χ4v) is 1.87. The van der Waals surface area contributed by atoms with E-state index in [2.05, 4.69) is 39.0 Å². The summed E-state index contributed by atoms with van der Waals surface area (Å²) < 4.78 is 4.03. The fourth-order valence-electron chi connectivity index (χ4n) is 1.87. The van der Waals surface area contributed by atoms with Crippen LogP contribution in [0.2, 0.25) is 0 Å². The zero-order valence-electron chi connectivity index (χ0n) is 11.0. The molecule has 0 spiro atoms. The number of nitrogens with one attached hydrogen (secondary N) is 1. The van der Waals surface area contributed by atoms with Crippen molar-refractivity contribution in [2.24, 2.45) is 0 Å². The molecule has 2 heterocycles. The number of aryl methyl sites for hydroxylation is 1. The van der Waals surface area contributed by atoms with Crippen molar-refractivity contribution in [3.05, 3.63) is 30.6 Å². The third-order valence-electron chi connectivity index (χ3n) is 2.82. The number of imidazole rings is 1. The zero-order valence-corrected chi connectivity index (χ0v) is 11.0. The first kappa shape index (κ1) is 12.8. The van der Waals surface area contributed by atoms with Crippen molar-refractivity contribution in [3.63, 3.8) is 0 Å². The lowest BCUT2D eigenvalue weighted by atomic mass is 10.3. The summed E-state index contributed by atoms with van der Waals surface area (Å²) in [5.41, 5.74) is 1.23. The smallest absolute Gasteiger partial charge is 0.0951 e. The summed E-state index contributed by atoms with van der Waals surface area (Å²) in [6, 6.07) is 0.458. The van der Waals surface area contributed by atoms with E-state index in [0.29, 0.717) is 6.04 Å². The van der Waals surface area contributed by atoms with Crippen molar-refractivity contribution in [1.29, 1.82) is 0 Å². The van der Waals surface area contributed by atoms with Crippen LogP contribution >= 0.6 is 0 Å². The SMILES string of the molecule is CC(C)n1cncc1CNCCCn1ccnn1. The van der Waals surface area contributed by atoms with Gasteiger partial charge in [-0.15, -0.1) is 5.10 Å². The Morgan fingerprint density at radius 1 is 1.39 bits per heavy atom. The maximum absolute atomic E-state index is 4.18. The Hall–Kier alpha value is -1.69. The van der Waals surface area contributed by atoms with E-state index in [-0.39, 0.29) is 0 Å². The van der Waals surface area contributed by atoms with Gasteiger partial charge in [0.15, 0.2) is 0 Å². The molecule has 98 valence electrons. The molecule has 0 fully saturated rings. The second-order valence-corrected chi connectivity index (χ2v) is 4.58. The Kier molecular flexibility index (Phi) is 4.46. The van der Waals surface area contributed by atoms with Crippen molar-refractivity contribution >= 4 is 0 Å². The van der Waals surface area contributed by atoms with Gasteiger partial charge in [-0.25, -0.2) is 4.98 Å². The van der Waals surface area contributed by atoms with Crippen LogP contribution in [0.5, 0.6) is 0 Å². The Balaban J connectivity index is 1.67. The second-order valence-electron chi connectivity index (χ2n) is 4.58. The first-order valence-electron chi connectivity index (χ1n) is 6.33. The molecular weight excluding hydrogens is 228 g/mol. The van der Waals surface area contributed by atoms with E-state index in [0.717, 1.165) is 26.1 Å². The molecule has 0 radical (unpaired) electrons. The topological polar surface area (TPSA) is 60.6 Å². The lowest BCUT2D eigenvalue weighted by Gasteiger charge is -2.12. The molecule has 2 aromatic heterocycles. The molecule has 0 bridgehead atoms. The monoisotopic (exact) mass is 248 g/mol. The van der Waals surface area contributed by atoms with E-state index in [9.17, 15) is 0 Å². The number of hydrogen-bond acceptors (Lipinski definition) is 4. The van der Waals surface area contributed by atoms with Crippen LogP contribution in [0.3, 0.4) is 0 Å². The van der Waals surface area contributed by atoms with Crippen LogP contribution in [0, 0.1) is 0 Å². The third-order valence-corrected chi connectivity index (χ3v) is 2.82. The second kappa shape index (κ2) is 6.30. The molecule has 0 aliphatic heterocycles. The van der Waals surface area contributed by atoms with Crippen LogP contribution in [-0.4, -0.2) is 31.1 Å². The summed E-state index contributed by atoms with van der Waals surface area (Å²) in [5, 5.41) is 11.1. The molecule has 2 rings (SSSR count). The molecule has 6 nitrogen and oxygen atoms in total. The van der Waals surface area contributed by atoms with Crippen molar-refractivity contribution in [3.8, 4) is 0 Å². The Labute approximate surface area is 107 Å². The minimum absolute atomic E-state index is 0.458. The molecule has 0 unspecified atom stereocenters. The summed E-state index contributed by atoms with van der Waals surface area (Å²) in [6.45, 7) is 7.04. The van der Waals surface area contributed by atoms with Crippen molar-refractivity contribution in [2.75, 3.05) is 6.54 Å². The normalized spacial score (nSPS) is 11.3. The largest absolute Gasteiger partial charge is 0.331 e. The minimum Gasteiger partial charge on any atom is -0.331 e. The molecule has 0 saturated heterocycles. The molecular formula is C12H20N6. The van der Waals surface area contributed by atoms with Gasteiger partial charge in [-0.1, -0.05) is 5.21 Å². The molecule has 0 aliphatic carbocycles. The van der Waals surface area contributed by atoms with Gasteiger partial charge in [0.1, 0.15) is 0 Å². The van der Waals surface area contributed by atoms with Gasteiger partial charge in [0, 0.05) is 31.5 Å². The molecule has 1 N–H and O–H groups in total. The number of nitrogens with zero attached hydrogens (tertiary/aromatic N) is 5. The Morgan fingerprint density at radius 3 is 3.00 bits per heavy atom. The van der Waals surface area contributed by atoms with Crippen LogP contribution in [0.1, 0.15) is 32.0 Å². The lowest BCUT2D eigenvalue weighted by molar-refractivity contribution is 0.513. The fraction of sp³-hybridized carbons (Fsp3) is 0.583. The predicted molar refractivity (Wildman–Crippen MR) is 69.0 cm³/mol. The maximum Gasteiger partial charge on any atom is 0.0951 e. The van der Waals surface area contributed by atoms with Gasteiger partial charge in [0.05, 0.1) is 18.2 Å². The zero-order chi connectivity index (χ0) is 12.8. The molecule has 0 saturated carbocycles. The summed E-state index contributed by atoms with van der Waals surface area (Å²) in [5.74, 6) is 0. The van der Waals surface area contributed by atoms with Gasteiger partial charge in [-0.3, -0.25) is 4.68 Å². The van der Waals surface area contributed by atoms with Crippen LogP contribution in [-0.2, 0) is 13.1 Å². The van der Waals surface area contributed by atoms with Crippen molar-refractivity contribution < 1.29 is 0 Å². The third kappa shape index (κ3) is 3.40. The first-order chi connectivity index (χ1) is 8.77. The van der Waals surface area contributed by atoms with Crippen molar-refractivity contribution in [1.82, 2.24) is 29.9 Å². The highest BCUT2D eigenvalue weighted by atomic mass is 15.4. The molecule has 0 amide bonds. The maximum atomic E-state index is 4.18. The van der Waals surface area contributed by atoms with E-state index >= 15 is 0 Å². The average Bonchev–Trinajstić information content (AvgIpc) is 2.98. The molecule has 0 aliphatic rings. The predicted octanol–water partition coefficient (Wildman–Crippen LogP) is 1.24. The molecule has 2 aromatic rings. The summed E-state index contributed by atoms with van der Waals surface area (Å²) in [7, 11) is 0. The lowest BCUT2D eigenvalue weighted by Crippen LogP contribution is -2.19. The average molecular weight is 248 g/mol. The number of hydrogen-bond donors (Lipinski definition) is 1.